The van der Waals surface area contributed by atoms with Gasteiger partial charge in [0.15, 0.2) is 0 Å². The van der Waals surface area contributed by atoms with Crippen molar-refractivity contribution in [2.45, 2.75) is 63.1 Å². The van der Waals surface area contributed by atoms with Gasteiger partial charge >= 0.3 is 0 Å². The first-order valence-corrected chi connectivity index (χ1v) is 7.73. The van der Waals surface area contributed by atoms with Crippen molar-refractivity contribution in [3.8, 4) is 0 Å². The van der Waals surface area contributed by atoms with Crippen LogP contribution in [0.1, 0.15) is 44.9 Å². The van der Waals surface area contributed by atoms with Gasteiger partial charge < -0.3 is 10.2 Å². The van der Waals surface area contributed by atoms with E-state index in [4.69, 9.17) is 0 Å². The largest absolute Gasteiger partial charge is 0.342 e. The second-order valence-corrected chi connectivity index (χ2v) is 7.14. The van der Waals surface area contributed by atoms with Crippen LogP contribution < -0.4 is 5.32 Å². The number of fused-ring (bicyclic) bond motifs is 3. The number of hydrogen-bond acceptors (Lipinski definition) is 2. The van der Waals surface area contributed by atoms with E-state index in [2.05, 4.69) is 17.3 Å². The molecule has 4 fully saturated rings. The third-order valence-corrected chi connectivity index (χ3v) is 5.94. The van der Waals surface area contributed by atoms with Crippen LogP contribution in [0.15, 0.2) is 0 Å². The van der Waals surface area contributed by atoms with E-state index >= 15 is 0 Å². The highest BCUT2D eigenvalue weighted by molar-refractivity contribution is 5.79. The molecule has 1 N–H and O–H groups in total. The maximum Gasteiger partial charge on any atom is 0.225 e. The highest BCUT2D eigenvalue weighted by atomic mass is 16.2. The predicted octanol–water partition coefficient (Wildman–Crippen LogP) is 1.77. The molecular formula is C15H24N2O. The lowest BCUT2D eigenvalue weighted by molar-refractivity contribution is -0.137. The van der Waals surface area contributed by atoms with Crippen molar-refractivity contribution in [2.24, 2.45) is 17.8 Å². The first-order chi connectivity index (χ1) is 8.70. The second-order valence-electron chi connectivity index (χ2n) is 7.14. The number of hydrogen-bond donors (Lipinski definition) is 1. The SMILES string of the molecule is CN(C(=O)C1CC2CC2C1)C1CC2CCC(C1)N2. The van der Waals surface area contributed by atoms with Crippen LogP contribution in [0.25, 0.3) is 0 Å². The van der Waals surface area contributed by atoms with Crippen LogP contribution in [0.5, 0.6) is 0 Å². The van der Waals surface area contributed by atoms with Crippen LogP contribution in [-0.2, 0) is 4.79 Å². The van der Waals surface area contributed by atoms with Crippen LogP contribution in [0, 0.1) is 17.8 Å². The van der Waals surface area contributed by atoms with E-state index in [0.717, 1.165) is 11.8 Å². The Balaban J connectivity index is 1.40. The van der Waals surface area contributed by atoms with E-state index in [-0.39, 0.29) is 0 Å². The minimum absolute atomic E-state index is 0.367. The summed E-state index contributed by atoms with van der Waals surface area (Å²) in [5, 5.41) is 3.66. The van der Waals surface area contributed by atoms with Gasteiger partial charge in [-0.1, -0.05) is 0 Å². The number of amides is 1. The van der Waals surface area contributed by atoms with E-state index in [1.54, 1.807) is 0 Å². The molecule has 3 nitrogen and oxygen atoms in total. The molecule has 18 heavy (non-hydrogen) atoms. The second kappa shape index (κ2) is 3.96. The summed E-state index contributed by atoms with van der Waals surface area (Å²) in [6, 6.07) is 1.87. The maximum atomic E-state index is 12.5. The summed E-state index contributed by atoms with van der Waals surface area (Å²) in [6.45, 7) is 0. The highest BCUT2D eigenvalue weighted by Crippen LogP contribution is 2.54. The fraction of sp³-hybridized carbons (Fsp3) is 0.933. The first kappa shape index (κ1) is 11.3. The van der Waals surface area contributed by atoms with Crippen molar-refractivity contribution in [3.05, 3.63) is 0 Å². The van der Waals surface area contributed by atoms with Crippen molar-refractivity contribution in [1.82, 2.24) is 10.2 Å². The molecule has 0 aromatic rings. The van der Waals surface area contributed by atoms with Gasteiger partial charge in [-0.05, 0) is 56.8 Å². The molecule has 4 atom stereocenters. The lowest BCUT2D eigenvalue weighted by Gasteiger charge is -2.37. The Morgan fingerprint density at radius 1 is 1.00 bits per heavy atom. The smallest absolute Gasteiger partial charge is 0.225 e. The molecular weight excluding hydrogens is 224 g/mol. The number of carbonyl (C=O) groups is 1. The van der Waals surface area contributed by atoms with E-state index in [1.807, 2.05) is 0 Å². The molecule has 4 unspecified atom stereocenters. The number of nitrogens with zero attached hydrogens (tertiary/aromatic N) is 1. The van der Waals surface area contributed by atoms with Crippen LogP contribution in [0.2, 0.25) is 0 Å². The van der Waals surface area contributed by atoms with Crippen molar-refractivity contribution >= 4 is 5.91 Å². The maximum absolute atomic E-state index is 12.5. The highest BCUT2D eigenvalue weighted by Gasteiger charge is 2.49. The van der Waals surface area contributed by atoms with E-state index < -0.39 is 0 Å². The molecule has 0 spiro atoms. The summed E-state index contributed by atoms with van der Waals surface area (Å²) in [5.74, 6) is 2.65. The third kappa shape index (κ3) is 1.78. The third-order valence-electron chi connectivity index (χ3n) is 5.94. The topological polar surface area (TPSA) is 32.3 Å². The Hall–Kier alpha value is -0.570. The van der Waals surface area contributed by atoms with Gasteiger partial charge in [0.25, 0.3) is 0 Å². The molecule has 0 aromatic carbocycles. The molecule has 2 saturated heterocycles. The van der Waals surface area contributed by atoms with Gasteiger partial charge in [0.2, 0.25) is 5.91 Å². The van der Waals surface area contributed by atoms with Gasteiger partial charge in [-0.3, -0.25) is 4.79 Å². The van der Waals surface area contributed by atoms with Crippen molar-refractivity contribution in [1.29, 1.82) is 0 Å². The van der Waals surface area contributed by atoms with E-state index in [9.17, 15) is 4.79 Å². The summed E-state index contributed by atoms with van der Waals surface area (Å²) >= 11 is 0. The Morgan fingerprint density at radius 2 is 1.61 bits per heavy atom. The molecule has 2 aliphatic heterocycles. The van der Waals surface area contributed by atoms with Crippen LogP contribution in [-0.4, -0.2) is 36.0 Å². The Bertz CT molecular complexity index is 348. The Kier molecular flexibility index (Phi) is 2.48. The van der Waals surface area contributed by atoms with Gasteiger partial charge in [0.1, 0.15) is 0 Å². The number of carbonyl (C=O) groups excluding carboxylic acids is 1. The lowest BCUT2D eigenvalue weighted by atomic mass is 9.95. The molecule has 100 valence electrons. The number of nitrogens with one attached hydrogen (secondary N) is 1. The lowest BCUT2D eigenvalue weighted by Crippen LogP contribution is -2.49. The summed E-state index contributed by atoms with van der Waals surface area (Å²) in [6.07, 6.45) is 8.77. The van der Waals surface area contributed by atoms with Gasteiger partial charge in [-0.2, -0.15) is 0 Å². The van der Waals surface area contributed by atoms with Gasteiger partial charge in [0, 0.05) is 31.1 Å². The Morgan fingerprint density at radius 3 is 2.22 bits per heavy atom. The molecule has 1 amide bonds. The number of piperidine rings is 1. The molecule has 2 saturated carbocycles. The van der Waals surface area contributed by atoms with E-state index in [1.165, 1.54) is 44.9 Å². The van der Waals surface area contributed by atoms with E-state index in [0.29, 0.717) is 30.0 Å². The standard InChI is InChI=1S/C15H24N2O/c1-17(14-7-12-2-3-13(8-14)16-12)15(18)11-5-9-4-10(9)6-11/h9-14,16H,2-8H2,1H3. The van der Waals surface area contributed by atoms with Crippen LogP contribution in [0.3, 0.4) is 0 Å². The summed E-state index contributed by atoms with van der Waals surface area (Å²) in [7, 11) is 2.06. The fourth-order valence-corrected chi connectivity index (χ4v) is 4.73. The van der Waals surface area contributed by atoms with Crippen LogP contribution in [0.4, 0.5) is 0 Å². The zero-order chi connectivity index (χ0) is 12.3. The van der Waals surface area contributed by atoms with Crippen molar-refractivity contribution in [2.75, 3.05) is 7.05 Å². The molecule has 0 radical (unpaired) electrons. The molecule has 4 aliphatic rings. The van der Waals surface area contributed by atoms with Crippen molar-refractivity contribution < 1.29 is 4.79 Å². The fourth-order valence-electron chi connectivity index (χ4n) is 4.73. The zero-order valence-electron chi connectivity index (χ0n) is 11.3. The minimum Gasteiger partial charge on any atom is -0.342 e. The minimum atomic E-state index is 0.367. The summed E-state index contributed by atoms with van der Waals surface area (Å²) in [4.78, 5) is 14.7. The summed E-state index contributed by atoms with van der Waals surface area (Å²) < 4.78 is 0. The average molecular weight is 248 g/mol. The average Bonchev–Trinajstić information content (AvgIpc) is 2.85. The molecule has 2 bridgehead atoms. The quantitative estimate of drug-likeness (QED) is 0.808. The Labute approximate surface area is 109 Å². The molecule has 4 rings (SSSR count). The molecule has 2 heterocycles. The summed E-state index contributed by atoms with van der Waals surface area (Å²) in [5.41, 5.74) is 0. The first-order valence-electron chi connectivity index (χ1n) is 7.73. The molecule has 0 aromatic heterocycles. The number of rotatable bonds is 2. The predicted molar refractivity (Wildman–Crippen MR) is 70.1 cm³/mol. The van der Waals surface area contributed by atoms with Crippen LogP contribution >= 0.6 is 0 Å². The monoisotopic (exact) mass is 248 g/mol. The van der Waals surface area contributed by atoms with Crippen molar-refractivity contribution in [3.63, 3.8) is 0 Å². The zero-order valence-corrected chi connectivity index (χ0v) is 11.3. The van der Waals surface area contributed by atoms with Gasteiger partial charge in [0.05, 0.1) is 0 Å². The van der Waals surface area contributed by atoms with Gasteiger partial charge in [-0.15, -0.1) is 0 Å². The molecule has 3 heteroatoms. The molecule has 2 aliphatic carbocycles. The normalized spacial score (nSPS) is 48.9. The van der Waals surface area contributed by atoms with Gasteiger partial charge in [-0.25, -0.2) is 0 Å².